The average Bonchev–Trinajstić information content (AvgIpc) is 3.57. The number of aryl methyl sites for hydroxylation is 1. The van der Waals surface area contributed by atoms with Crippen LogP contribution in [0.1, 0.15) is 163 Å². The van der Waals surface area contributed by atoms with Crippen LogP contribution in [-0.2, 0) is 32.5 Å². The van der Waals surface area contributed by atoms with Gasteiger partial charge in [0.1, 0.15) is 11.2 Å². The molecule has 1 aromatic heterocycles. The highest BCUT2D eigenvalue weighted by atomic mass is 16.3. The molecule has 0 N–H and O–H groups in total. The van der Waals surface area contributed by atoms with Crippen molar-refractivity contribution < 1.29 is 4.42 Å². The highest BCUT2D eigenvalue weighted by Gasteiger charge is 2.49. The lowest BCUT2D eigenvalue weighted by Gasteiger charge is -2.48. The molecule has 0 bridgehead atoms. The van der Waals surface area contributed by atoms with Gasteiger partial charge < -0.3 is 14.1 Å². The molecule has 3 nitrogen and oxygen atoms in total. The van der Waals surface area contributed by atoms with Crippen molar-refractivity contribution in [3.8, 4) is 11.1 Å². The van der Waals surface area contributed by atoms with Gasteiger partial charge in [-0.2, -0.15) is 0 Å². The fourth-order valence-corrected chi connectivity index (χ4v) is 11.2. The Kier molecular flexibility index (Phi) is 9.35. The van der Waals surface area contributed by atoms with Crippen molar-refractivity contribution in [2.24, 2.45) is 0 Å². The van der Waals surface area contributed by atoms with E-state index in [2.05, 4.69) is 224 Å². The number of furan rings is 1. The third kappa shape index (κ3) is 6.90. The lowest BCUT2D eigenvalue weighted by atomic mass is 9.42. The second-order valence-corrected chi connectivity index (χ2v) is 25.5. The van der Waals surface area contributed by atoms with Crippen LogP contribution in [0.5, 0.6) is 0 Å². The first-order valence-corrected chi connectivity index (χ1v) is 24.3. The van der Waals surface area contributed by atoms with Crippen molar-refractivity contribution in [2.75, 3.05) is 9.71 Å². The number of rotatable bonds is 2. The van der Waals surface area contributed by atoms with Crippen LogP contribution in [0.15, 0.2) is 101 Å². The van der Waals surface area contributed by atoms with E-state index >= 15 is 0 Å². The number of hydrogen-bond donors (Lipinski definition) is 0. The highest BCUT2D eigenvalue weighted by molar-refractivity contribution is 6.94. The minimum Gasteiger partial charge on any atom is -0.456 e. The van der Waals surface area contributed by atoms with Crippen LogP contribution < -0.4 is 20.6 Å². The van der Waals surface area contributed by atoms with Gasteiger partial charge in [0.25, 0.3) is 0 Å². The smallest absolute Gasteiger partial charge is 0.333 e. The van der Waals surface area contributed by atoms with E-state index < -0.39 is 0 Å². The summed E-state index contributed by atoms with van der Waals surface area (Å²) in [5.41, 5.74) is 22.7. The van der Waals surface area contributed by atoms with Crippen molar-refractivity contribution in [3.05, 3.63) is 136 Å². The quantitative estimate of drug-likeness (QED) is 0.162. The summed E-state index contributed by atoms with van der Waals surface area (Å²) in [7, 11) is 0. The second kappa shape index (κ2) is 13.9. The third-order valence-corrected chi connectivity index (χ3v) is 15.6. The van der Waals surface area contributed by atoms with Gasteiger partial charge in [0.2, 0.25) is 0 Å². The van der Waals surface area contributed by atoms with Gasteiger partial charge in [0.15, 0.2) is 0 Å². The predicted octanol–water partition coefficient (Wildman–Crippen LogP) is 16.1. The van der Waals surface area contributed by atoms with Gasteiger partial charge in [0, 0.05) is 50.8 Å². The lowest BCUT2D eigenvalue weighted by Crippen LogP contribution is -2.62. The minimum atomic E-state index is -0.113. The minimum absolute atomic E-state index is 0.0202. The SMILES string of the molecule is Cc1ccc2oc3cc4c5c(c3c2c1)-c1cc(C(C)(C)C)ccc1N(c1ccc(C(C)(C)C)cc1)B5c1cc2c(cc1N4c1cc(C(C)(C)C)cc(C(C)(C)C)c1)C(C)(C)CCC2(C)C. The Balaban J connectivity index is 1.43. The molecule has 0 saturated heterocycles. The van der Waals surface area contributed by atoms with E-state index in [-0.39, 0.29) is 39.3 Å². The normalized spacial score (nSPS) is 16.7. The topological polar surface area (TPSA) is 19.6 Å². The number of fused-ring (bicyclic) bond motifs is 9. The molecule has 2 aliphatic heterocycles. The van der Waals surface area contributed by atoms with E-state index in [0.29, 0.717) is 0 Å². The molecule has 6 aromatic carbocycles. The van der Waals surface area contributed by atoms with Crippen molar-refractivity contribution in [1.29, 1.82) is 0 Å². The second-order valence-electron chi connectivity index (χ2n) is 25.5. The molecule has 3 heterocycles. The molecular weight excluding hydrogens is 787 g/mol. The molecule has 1 aliphatic carbocycles. The first-order chi connectivity index (χ1) is 30.1. The van der Waals surface area contributed by atoms with Crippen LogP contribution in [0.3, 0.4) is 0 Å². The molecule has 0 saturated carbocycles. The van der Waals surface area contributed by atoms with Crippen LogP contribution >= 0.6 is 0 Å². The van der Waals surface area contributed by atoms with Crippen molar-refractivity contribution in [2.45, 2.75) is 163 Å². The van der Waals surface area contributed by atoms with Gasteiger partial charge >= 0.3 is 6.85 Å². The van der Waals surface area contributed by atoms with Crippen molar-refractivity contribution in [1.82, 2.24) is 0 Å². The Hall–Kier alpha value is -5.22. The third-order valence-electron chi connectivity index (χ3n) is 15.6. The summed E-state index contributed by atoms with van der Waals surface area (Å²) in [6, 6.07) is 38.7. The monoisotopic (exact) mass is 859 g/mol. The van der Waals surface area contributed by atoms with Gasteiger partial charge in [0.05, 0.1) is 0 Å². The van der Waals surface area contributed by atoms with Gasteiger partial charge in [-0.1, -0.05) is 153 Å². The van der Waals surface area contributed by atoms with Crippen LogP contribution in [-0.4, -0.2) is 6.85 Å². The molecule has 0 amide bonds. The Morgan fingerprint density at radius 1 is 0.508 bits per heavy atom. The molecule has 10 rings (SSSR count). The molecule has 0 fully saturated rings. The van der Waals surface area contributed by atoms with Gasteiger partial charge in [-0.15, -0.1) is 0 Å². The van der Waals surface area contributed by atoms with Gasteiger partial charge in [-0.05, 0) is 157 Å². The number of nitrogens with zero attached hydrogens (tertiary/aromatic N) is 2. The summed E-state index contributed by atoms with van der Waals surface area (Å²) in [5, 5.41) is 2.39. The summed E-state index contributed by atoms with van der Waals surface area (Å²) in [6.45, 7) is 40.1. The van der Waals surface area contributed by atoms with Crippen molar-refractivity contribution in [3.63, 3.8) is 0 Å². The zero-order valence-corrected chi connectivity index (χ0v) is 42.5. The van der Waals surface area contributed by atoms with Gasteiger partial charge in [-0.3, -0.25) is 0 Å². The first-order valence-electron chi connectivity index (χ1n) is 24.3. The summed E-state index contributed by atoms with van der Waals surface area (Å²) >= 11 is 0. The van der Waals surface area contributed by atoms with Gasteiger partial charge in [-0.25, -0.2) is 0 Å². The molecule has 65 heavy (non-hydrogen) atoms. The predicted molar refractivity (Wildman–Crippen MR) is 282 cm³/mol. The molecule has 0 atom stereocenters. The zero-order valence-electron chi connectivity index (χ0n) is 42.5. The summed E-state index contributed by atoms with van der Waals surface area (Å²) < 4.78 is 7.08. The summed E-state index contributed by atoms with van der Waals surface area (Å²) in [4.78, 5) is 5.36. The highest BCUT2D eigenvalue weighted by Crippen LogP contribution is 2.54. The number of hydrogen-bond acceptors (Lipinski definition) is 3. The van der Waals surface area contributed by atoms with E-state index in [4.69, 9.17) is 4.42 Å². The standard InChI is InChI=1S/C61H71BN2O/c1-36-18-25-51-44(28-36)53-52(65-51)35-50-55-54(53)43-32-38(57(5,6)7)21-24-48(43)64(41-22-19-37(20-23-41)56(2,3)4)62(55)47-33-45-46(61(16,17)27-26-60(45,14)15)34-49(47)63(50)42-30-39(58(8,9)10)29-40(31-42)59(11,12)13/h18-25,28-35H,26-27H2,1-17H3. The van der Waals surface area contributed by atoms with Crippen LogP contribution in [0.25, 0.3) is 33.1 Å². The fraction of sp³-hybridized carbons (Fsp3) is 0.410. The Bertz CT molecular complexity index is 3060. The zero-order chi connectivity index (χ0) is 46.7. The number of anilines is 5. The van der Waals surface area contributed by atoms with Crippen LogP contribution in [0, 0.1) is 6.92 Å². The van der Waals surface area contributed by atoms with Crippen LogP contribution in [0.4, 0.5) is 28.4 Å². The molecular formula is C61H71BN2O. The molecule has 7 aromatic rings. The number of benzene rings is 6. The molecule has 3 aliphatic rings. The van der Waals surface area contributed by atoms with E-state index in [9.17, 15) is 0 Å². The maximum Gasteiger partial charge on any atom is 0.333 e. The molecule has 334 valence electrons. The lowest BCUT2D eigenvalue weighted by molar-refractivity contribution is 0.332. The Morgan fingerprint density at radius 2 is 1.08 bits per heavy atom. The van der Waals surface area contributed by atoms with E-state index in [0.717, 1.165) is 24.0 Å². The molecule has 0 spiro atoms. The van der Waals surface area contributed by atoms with Crippen molar-refractivity contribution >= 4 is 68.1 Å². The fourth-order valence-electron chi connectivity index (χ4n) is 11.2. The Labute approximate surface area is 390 Å². The maximum atomic E-state index is 7.08. The largest absolute Gasteiger partial charge is 0.456 e. The van der Waals surface area contributed by atoms with Crippen LogP contribution in [0.2, 0.25) is 0 Å². The Morgan fingerprint density at radius 3 is 1.66 bits per heavy atom. The summed E-state index contributed by atoms with van der Waals surface area (Å²) in [5.74, 6) is 0. The maximum absolute atomic E-state index is 7.08. The first kappa shape index (κ1) is 43.7. The average molecular weight is 859 g/mol. The van der Waals surface area contributed by atoms with E-state index in [1.165, 1.54) is 100 Å². The molecule has 4 heteroatoms. The van der Waals surface area contributed by atoms with E-state index in [1.807, 2.05) is 0 Å². The summed E-state index contributed by atoms with van der Waals surface area (Å²) in [6.07, 6.45) is 2.31. The molecule has 0 radical (unpaired) electrons. The molecule has 0 unspecified atom stereocenters. The van der Waals surface area contributed by atoms with E-state index in [1.54, 1.807) is 0 Å².